The van der Waals surface area contributed by atoms with E-state index in [2.05, 4.69) is 20.5 Å². The van der Waals surface area contributed by atoms with Gasteiger partial charge in [-0.25, -0.2) is 13.4 Å². The lowest BCUT2D eigenvalue weighted by Crippen LogP contribution is -2.31. The molecule has 0 aliphatic rings. The van der Waals surface area contributed by atoms with E-state index in [-0.39, 0.29) is 10.8 Å². The summed E-state index contributed by atoms with van der Waals surface area (Å²) >= 11 is 1.26. The molecule has 1 unspecified atom stereocenters. The normalized spacial score (nSPS) is 13.0. The van der Waals surface area contributed by atoms with Crippen molar-refractivity contribution < 1.29 is 13.2 Å². The second-order valence-corrected chi connectivity index (χ2v) is 10.7. The van der Waals surface area contributed by atoms with Gasteiger partial charge in [0.2, 0.25) is 15.9 Å². The molecule has 11 heteroatoms. The van der Waals surface area contributed by atoms with Gasteiger partial charge in [0, 0.05) is 30.2 Å². The number of benzene rings is 1. The van der Waals surface area contributed by atoms with Crippen LogP contribution in [-0.2, 0) is 14.8 Å². The average Bonchev–Trinajstić information content (AvgIpc) is 3.12. The smallest absolute Gasteiger partial charge is 0.256 e. The summed E-state index contributed by atoms with van der Waals surface area (Å²) in [6.07, 6.45) is 0. The summed E-state index contributed by atoms with van der Waals surface area (Å²) in [5, 5.41) is 11.2. The van der Waals surface area contributed by atoms with Crippen molar-refractivity contribution in [3.63, 3.8) is 0 Å². The molecule has 0 aliphatic heterocycles. The fourth-order valence-electron chi connectivity index (χ4n) is 3.39. The second kappa shape index (κ2) is 9.55. The van der Waals surface area contributed by atoms with E-state index in [4.69, 9.17) is 0 Å². The van der Waals surface area contributed by atoms with E-state index >= 15 is 0 Å². The Balaban J connectivity index is 1.80. The molecule has 172 valence electrons. The van der Waals surface area contributed by atoms with Crippen LogP contribution in [0.15, 0.2) is 34.3 Å². The number of aromatic nitrogens is 4. The average molecular weight is 477 g/mol. The van der Waals surface area contributed by atoms with Crippen LogP contribution >= 0.6 is 11.8 Å². The third-order valence-electron chi connectivity index (χ3n) is 5.09. The van der Waals surface area contributed by atoms with Crippen LogP contribution in [0.4, 0.5) is 5.69 Å². The molecule has 1 N–H and O–H groups in total. The van der Waals surface area contributed by atoms with Crippen molar-refractivity contribution in [3.8, 4) is 0 Å². The number of fused-ring (bicyclic) bond motifs is 1. The van der Waals surface area contributed by atoms with Crippen molar-refractivity contribution in [3.05, 3.63) is 41.2 Å². The van der Waals surface area contributed by atoms with Gasteiger partial charge < -0.3 is 5.32 Å². The second-order valence-electron chi connectivity index (χ2n) is 7.48. The zero-order chi connectivity index (χ0) is 23.6. The van der Waals surface area contributed by atoms with E-state index in [1.165, 1.54) is 22.1 Å². The van der Waals surface area contributed by atoms with Crippen molar-refractivity contribution in [2.24, 2.45) is 0 Å². The lowest BCUT2D eigenvalue weighted by molar-refractivity contribution is -0.115. The van der Waals surface area contributed by atoms with Crippen molar-refractivity contribution in [1.29, 1.82) is 0 Å². The van der Waals surface area contributed by atoms with E-state index in [1.807, 2.05) is 24.3 Å². The monoisotopic (exact) mass is 476 g/mol. The van der Waals surface area contributed by atoms with Crippen molar-refractivity contribution in [2.75, 3.05) is 18.4 Å². The van der Waals surface area contributed by atoms with E-state index < -0.39 is 15.3 Å². The maximum absolute atomic E-state index is 13.0. The van der Waals surface area contributed by atoms with Crippen molar-refractivity contribution in [1.82, 2.24) is 23.9 Å². The first-order chi connectivity index (χ1) is 15.1. The van der Waals surface area contributed by atoms with Gasteiger partial charge in [0.05, 0.1) is 10.1 Å². The van der Waals surface area contributed by atoms with Crippen LogP contribution in [0.5, 0.6) is 0 Å². The predicted octanol–water partition coefficient (Wildman–Crippen LogP) is 3.20. The van der Waals surface area contributed by atoms with Gasteiger partial charge in [-0.3, -0.25) is 9.20 Å². The maximum Gasteiger partial charge on any atom is 0.256 e. The third kappa shape index (κ3) is 4.79. The number of nitrogens with one attached hydrogen (secondary N) is 1. The molecule has 0 spiro atoms. The van der Waals surface area contributed by atoms with Crippen LogP contribution in [0.25, 0.3) is 5.78 Å². The van der Waals surface area contributed by atoms with Crippen LogP contribution in [0.2, 0.25) is 0 Å². The quantitative estimate of drug-likeness (QED) is 0.497. The Labute approximate surface area is 192 Å². The molecule has 0 radical (unpaired) electrons. The number of rotatable bonds is 8. The molecule has 2 aromatic heterocycles. The summed E-state index contributed by atoms with van der Waals surface area (Å²) < 4.78 is 29.1. The fourth-order valence-corrected chi connectivity index (χ4v) is 6.00. The molecule has 1 atom stereocenters. The van der Waals surface area contributed by atoms with Crippen LogP contribution in [-0.4, -0.2) is 56.6 Å². The molecule has 0 saturated heterocycles. The molecular formula is C21H28N6O3S2. The van der Waals surface area contributed by atoms with Gasteiger partial charge in [-0.1, -0.05) is 31.7 Å². The van der Waals surface area contributed by atoms with E-state index in [0.29, 0.717) is 35.3 Å². The molecule has 0 aliphatic carbocycles. The molecule has 3 aromatic rings. The largest absolute Gasteiger partial charge is 0.325 e. The van der Waals surface area contributed by atoms with Gasteiger partial charge in [0.15, 0.2) is 5.16 Å². The number of thioether (sulfide) groups is 1. The molecule has 1 aromatic carbocycles. The fraction of sp³-hybridized carbons (Fsp3) is 0.429. The summed E-state index contributed by atoms with van der Waals surface area (Å²) in [4.78, 5) is 17.4. The summed E-state index contributed by atoms with van der Waals surface area (Å²) in [6.45, 7) is 11.7. The van der Waals surface area contributed by atoms with Gasteiger partial charge in [-0.15, -0.1) is 10.2 Å². The van der Waals surface area contributed by atoms with Crippen LogP contribution in [0.3, 0.4) is 0 Å². The Morgan fingerprint density at radius 1 is 1.16 bits per heavy atom. The van der Waals surface area contributed by atoms with Crippen molar-refractivity contribution >= 4 is 39.2 Å². The Bertz CT molecular complexity index is 1250. The van der Waals surface area contributed by atoms with Crippen molar-refractivity contribution in [2.45, 2.75) is 56.8 Å². The van der Waals surface area contributed by atoms with E-state index in [0.717, 1.165) is 11.4 Å². The Morgan fingerprint density at radius 2 is 1.84 bits per heavy atom. The molecule has 0 bridgehead atoms. The van der Waals surface area contributed by atoms with Gasteiger partial charge in [0.1, 0.15) is 0 Å². The van der Waals surface area contributed by atoms with Crippen LogP contribution < -0.4 is 5.32 Å². The zero-order valence-corrected chi connectivity index (χ0v) is 20.7. The molecule has 1 amide bonds. The maximum atomic E-state index is 13.0. The topological polar surface area (TPSA) is 110 Å². The number of carbonyl (C=O) groups excluding carboxylic acids is 1. The van der Waals surface area contributed by atoms with Gasteiger partial charge in [-0.05, 0) is 51.5 Å². The minimum atomic E-state index is -3.64. The zero-order valence-electron chi connectivity index (χ0n) is 19.1. The van der Waals surface area contributed by atoms with E-state index in [1.54, 1.807) is 39.8 Å². The highest BCUT2D eigenvalue weighted by Gasteiger charge is 2.25. The molecule has 2 heterocycles. The first kappa shape index (κ1) is 24.1. The Kier molecular flexibility index (Phi) is 7.21. The molecule has 32 heavy (non-hydrogen) atoms. The lowest BCUT2D eigenvalue weighted by atomic mass is 10.2. The Morgan fingerprint density at radius 3 is 2.50 bits per heavy atom. The SMILES string of the molecule is CCN(CC)S(=O)(=O)c1cc(NC(=O)C(C)Sc2nnc3nc(C)cc(C)n23)ccc1C. The number of anilines is 1. The first-order valence-corrected chi connectivity index (χ1v) is 12.7. The molecular weight excluding hydrogens is 448 g/mol. The summed E-state index contributed by atoms with van der Waals surface area (Å²) in [5.74, 6) is 0.224. The molecule has 0 fully saturated rings. The number of hydrogen-bond donors (Lipinski definition) is 1. The first-order valence-electron chi connectivity index (χ1n) is 10.4. The highest BCUT2D eigenvalue weighted by molar-refractivity contribution is 8.00. The predicted molar refractivity (Wildman–Crippen MR) is 125 cm³/mol. The molecule has 0 saturated carbocycles. The number of sulfonamides is 1. The highest BCUT2D eigenvalue weighted by atomic mass is 32.2. The third-order valence-corrected chi connectivity index (χ3v) is 8.33. The number of hydrogen-bond acceptors (Lipinski definition) is 7. The highest BCUT2D eigenvalue weighted by Crippen LogP contribution is 2.26. The summed E-state index contributed by atoms with van der Waals surface area (Å²) in [6, 6.07) is 6.85. The van der Waals surface area contributed by atoms with Crippen LogP contribution in [0, 0.1) is 20.8 Å². The number of nitrogens with zero attached hydrogens (tertiary/aromatic N) is 5. The standard InChI is InChI=1S/C21H28N6O3S2/c1-7-26(8-2)32(29,30)18-12-17(10-9-13(18)3)23-19(28)16(6)31-21-25-24-20-22-14(4)11-15(5)27(20)21/h9-12,16H,7-8H2,1-6H3,(H,23,28). The minimum absolute atomic E-state index is 0.194. The lowest BCUT2D eigenvalue weighted by Gasteiger charge is -2.20. The Hall–Kier alpha value is -2.50. The number of carbonyl (C=O) groups is 1. The molecule has 9 nitrogen and oxygen atoms in total. The summed E-state index contributed by atoms with van der Waals surface area (Å²) in [7, 11) is -3.64. The number of aryl methyl sites for hydroxylation is 3. The van der Waals surface area contributed by atoms with E-state index in [9.17, 15) is 13.2 Å². The van der Waals surface area contributed by atoms with Crippen LogP contribution in [0.1, 0.15) is 37.7 Å². The van der Waals surface area contributed by atoms with Gasteiger partial charge in [0.25, 0.3) is 5.78 Å². The summed E-state index contributed by atoms with van der Waals surface area (Å²) in [5.41, 5.74) is 2.83. The van der Waals surface area contributed by atoms with Gasteiger partial charge in [-0.2, -0.15) is 4.31 Å². The van der Waals surface area contributed by atoms with Gasteiger partial charge >= 0.3 is 0 Å². The number of amides is 1. The minimum Gasteiger partial charge on any atom is -0.325 e. The molecule has 3 rings (SSSR count).